The number of aromatic nitrogens is 1. The van der Waals surface area contributed by atoms with Gasteiger partial charge in [0.2, 0.25) is 5.91 Å². The first-order valence-corrected chi connectivity index (χ1v) is 16.2. The van der Waals surface area contributed by atoms with Gasteiger partial charge in [0.25, 0.3) is 0 Å². The third kappa shape index (κ3) is 5.69. The number of hydrogen-bond acceptors (Lipinski definition) is 4. The van der Waals surface area contributed by atoms with E-state index in [1.165, 1.54) is 12.1 Å². The molecule has 0 atom stereocenters. The number of fused-ring (bicyclic) bond motifs is 4. The van der Waals surface area contributed by atoms with Crippen molar-refractivity contribution in [1.82, 2.24) is 15.2 Å². The average Bonchev–Trinajstić information content (AvgIpc) is 3.37. The van der Waals surface area contributed by atoms with E-state index in [1.807, 2.05) is 42.5 Å². The smallest absolute Gasteiger partial charge is 0.235 e. The maximum atomic E-state index is 14.3. The number of carbonyl (C=O) groups is 1. The average molecular weight is 619 g/mol. The quantitative estimate of drug-likeness (QED) is 0.173. The number of nitrogens with zero attached hydrogens (tertiary/aromatic N) is 3. The van der Waals surface area contributed by atoms with Crippen molar-refractivity contribution < 1.29 is 9.18 Å². The third-order valence-corrected chi connectivity index (χ3v) is 9.75. The molecule has 4 aromatic carbocycles. The van der Waals surface area contributed by atoms with Crippen LogP contribution in [0.1, 0.15) is 36.0 Å². The summed E-state index contributed by atoms with van der Waals surface area (Å²) in [6.07, 6.45) is 2.64. The predicted molar refractivity (Wildman–Crippen MR) is 180 cm³/mol. The summed E-state index contributed by atoms with van der Waals surface area (Å²) in [7, 11) is 0. The van der Waals surface area contributed by atoms with E-state index in [9.17, 15) is 9.18 Å². The van der Waals surface area contributed by atoms with Crippen molar-refractivity contribution in [2.24, 2.45) is 0 Å². The fourth-order valence-electron chi connectivity index (χ4n) is 7.09. The van der Waals surface area contributed by atoms with Gasteiger partial charge in [0.1, 0.15) is 17.1 Å². The van der Waals surface area contributed by atoms with Crippen LogP contribution in [-0.2, 0) is 16.8 Å². The molecule has 7 heteroatoms. The highest BCUT2D eigenvalue weighted by atomic mass is 35.5. The standard InChI is InChI=1S/C38H36ClFN4O/c39-34-13-7-8-28-16-19-35(42-36(28)34)44-24-22-43(23-25-44)21-6-5-20-38(37(45)41-26-27-14-17-29(40)18-15-27)32-11-3-1-9-30(32)31-10-2-4-12-33(31)38/h1-4,7-19H,5-6,20-26H2,(H,41,45). The van der Waals surface area contributed by atoms with E-state index in [1.54, 1.807) is 12.1 Å². The minimum absolute atomic E-state index is 0.000766. The Morgan fingerprint density at radius 2 is 1.49 bits per heavy atom. The number of pyridine rings is 1. The lowest BCUT2D eigenvalue weighted by Gasteiger charge is -2.36. The molecule has 2 aliphatic rings. The van der Waals surface area contributed by atoms with Gasteiger partial charge in [0, 0.05) is 38.1 Å². The number of para-hydroxylation sites is 1. The Labute approximate surface area is 268 Å². The molecule has 1 amide bonds. The number of anilines is 1. The van der Waals surface area contributed by atoms with Crippen LogP contribution in [0.15, 0.2) is 103 Å². The molecule has 1 saturated heterocycles. The SMILES string of the molecule is O=C(NCc1ccc(F)cc1)C1(CCCCN2CCN(c3ccc4cccc(Cl)c4n3)CC2)c2ccccc2-c2ccccc21. The molecule has 228 valence electrons. The number of hydrogen-bond donors (Lipinski definition) is 1. The number of benzene rings is 4. The summed E-state index contributed by atoms with van der Waals surface area (Å²) in [5.74, 6) is 0.695. The van der Waals surface area contributed by atoms with Gasteiger partial charge in [-0.2, -0.15) is 0 Å². The van der Waals surface area contributed by atoms with E-state index in [4.69, 9.17) is 16.6 Å². The van der Waals surface area contributed by atoms with Crippen molar-refractivity contribution in [3.05, 3.63) is 131 Å². The van der Waals surface area contributed by atoms with Crippen LogP contribution in [-0.4, -0.2) is 48.5 Å². The monoisotopic (exact) mass is 618 g/mol. The summed E-state index contributed by atoms with van der Waals surface area (Å²) >= 11 is 6.42. The Morgan fingerprint density at radius 3 is 2.20 bits per heavy atom. The first-order chi connectivity index (χ1) is 22.0. The van der Waals surface area contributed by atoms with E-state index < -0.39 is 5.41 Å². The van der Waals surface area contributed by atoms with Crippen molar-refractivity contribution in [2.45, 2.75) is 31.2 Å². The van der Waals surface area contributed by atoms with Gasteiger partial charge < -0.3 is 10.2 Å². The van der Waals surface area contributed by atoms with Gasteiger partial charge in [-0.15, -0.1) is 0 Å². The number of rotatable bonds is 9. The molecule has 1 N–H and O–H groups in total. The Bertz CT molecular complexity index is 1790. The highest BCUT2D eigenvalue weighted by molar-refractivity contribution is 6.35. The van der Waals surface area contributed by atoms with Crippen LogP contribution in [0, 0.1) is 5.82 Å². The maximum absolute atomic E-state index is 14.3. The summed E-state index contributed by atoms with van der Waals surface area (Å²) in [6.45, 7) is 5.11. The fraction of sp³-hybridized carbons (Fsp3) is 0.263. The summed E-state index contributed by atoms with van der Waals surface area (Å²) < 4.78 is 13.5. The molecule has 7 rings (SSSR count). The predicted octanol–water partition coefficient (Wildman–Crippen LogP) is 7.60. The molecular weight excluding hydrogens is 583 g/mol. The summed E-state index contributed by atoms with van der Waals surface area (Å²) in [4.78, 5) is 24.0. The highest BCUT2D eigenvalue weighted by Crippen LogP contribution is 2.51. The molecule has 1 aliphatic heterocycles. The molecule has 2 heterocycles. The molecule has 0 spiro atoms. The van der Waals surface area contributed by atoms with E-state index in [0.717, 1.165) is 96.5 Å². The third-order valence-electron chi connectivity index (χ3n) is 9.45. The molecule has 0 radical (unpaired) electrons. The lowest BCUT2D eigenvalue weighted by molar-refractivity contribution is -0.125. The molecule has 5 nitrogen and oxygen atoms in total. The van der Waals surface area contributed by atoms with E-state index in [2.05, 4.69) is 51.5 Å². The molecular formula is C38H36ClFN4O. The highest BCUT2D eigenvalue weighted by Gasteiger charge is 2.48. The van der Waals surface area contributed by atoms with Crippen LogP contribution < -0.4 is 10.2 Å². The lowest BCUT2D eigenvalue weighted by Crippen LogP contribution is -2.47. The maximum Gasteiger partial charge on any atom is 0.235 e. The number of amides is 1. The Hall–Kier alpha value is -4.26. The fourth-order valence-corrected chi connectivity index (χ4v) is 7.32. The van der Waals surface area contributed by atoms with Crippen LogP contribution in [0.2, 0.25) is 5.02 Å². The second kappa shape index (κ2) is 12.6. The molecule has 1 aliphatic carbocycles. The van der Waals surface area contributed by atoms with Gasteiger partial charge in [-0.3, -0.25) is 9.69 Å². The van der Waals surface area contributed by atoms with E-state index in [0.29, 0.717) is 11.6 Å². The van der Waals surface area contributed by atoms with Crippen LogP contribution in [0.4, 0.5) is 10.2 Å². The summed E-state index contributed by atoms with van der Waals surface area (Å²) in [5, 5.41) is 4.95. The number of carbonyl (C=O) groups excluding carboxylic acids is 1. The second-order valence-corrected chi connectivity index (χ2v) is 12.5. The topological polar surface area (TPSA) is 48.5 Å². The van der Waals surface area contributed by atoms with Crippen molar-refractivity contribution in [3.8, 4) is 11.1 Å². The number of unbranched alkanes of at least 4 members (excludes halogenated alkanes) is 1. The van der Waals surface area contributed by atoms with Gasteiger partial charge >= 0.3 is 0 Å². The van der Waals surface area contributed by atoms with Crippen LogP contribution >= 0.6 is 11.6 Å². The van der Waals surface area contributed by atoms with Crippen LogP contribution in [0.5, 0.6) is 0 Å². The molecule has 45 heavy (non-hydrogen) atoms. The van der Waals surface area contributed by atoms with Crippen molar-refractivity contribution in [1.29, 1.82) is 0 Å². The van der Waals surface area contributed by atoms with E-state index in [-0.39, 0.29) is 11.7 Å². The van der Waals surface area contributed by atoms with Gasteiger partial charge in [-0.1, -0.05) is 90.8 Å². The summed E-state index contributed by atoms with van der Waals surface area (Å²) in [6, 6.07) is 33.0. The number of halogens is 2. The first-order valence-electron chi connectivity index (χ1n) is 15.8. The molecule has 5 aromatic rings. The minimum atomic E-state index is -0.769. The van der Waals surface area contributed by atoms with Crippen LogP contribution in [0.25, 0.3) is 22.0 Å². The van der Waals surface area contributed by atoms with Gasteiger partial charge in [0.05, 0.1) is 10.5 Å². The van der Waals surface area contributed by atoms with Gasteiger partial charge in [-0.25, -0.2) is 9.37 Å². The molecule has 0 unspecified atom stereocenters. The van der Waals surface area contributed by atoms with Gasteiger partial charge in [-0.05, 0) is 77.5 Å². The lowest BCUT2D eigenvalue weighted by atomic mass is 9.73. The molecule has 1 aromatic heterocycles. The zero-order chi connectivity index (χ0) is 30.8. The van der Waals surface area contributed by atoms with Crippen LogP contribution in [0.3, 0.4) is 0 Å². The Morgan fingerprint density at radius 1 is 0.800 bits per heavy atom. The normalized spacial score (nSPS) is 15.6. The van der Waals surface area contributed by atoms with Gasteiger partial charge in [0.15, 0.2) is 0 Å². The molecule has 0 saturated carbocycles. The Kier molecular flexibility index (Phi) is 8.26. The van der Waals surface area contributed by atoms with Crippen molar-refractivity contribution in [2.75, 3.05) is 37.6 Å². The number of nitrogens with one attached hydrogen (secondary N) is 1. The molecule has 0 bridgehead atoms. The van der Waals surface area contributed by atoms with E-state index >= 15 is 0 Å². The Balaban J connectivity index is 1.02. The molecule has 1 fully saturated rings. The first kappa shape index (κ1) is 29.5. The summed E-state index contributed by atoms with van der Waals surface area (Å²) in [5.41, 5.74) is 5.35. The van der Waals surface area contributed by atoms with Crippen molar-refractivity contribution >= 4 is 34.2 Å². The zero-order valence-electron chi connectivity index (χ0n) is 25.2. The largest absolute Gasteiger partial charge is 0.354 e. The number of piperazine rings is 1. The minimum Gasteiger partial charge on any atom is -0.354 e. The van der Waals surface area contributed by atoms with Crippen molar-refractivity contribution in [3.63, 3.8) is 0 Å². The zero-order valence-corrected chi connectivity index (χ0v) is 25.9. The second-order valence-electron chi connectivity index (χ2n) is 12.1.